The van der Waals surface area contributed by atoms with Gasteiger partial charge in [0.2, 0.25) is 0 Å². The lowest BCUT2D eigenvalue weighted by Crippen LogP contribution is -2.36. The first-order valence-electron chi connectivity index (χ1n) is 5.29. The standard InChI is InChI=1S/C7H15NO.C3H6O3/c1-2-3-8-4-6-9-7-5-8;1-2(4)3(5)6/h2-7H2,1H3;2,4H,1H3,(H,5,6). The van der Waals surface area contributed by atoms with Gasteiger partial charge in [0.15, 0.2) is 0 Å². The van der Waals surface area contributed by atoms with Crippen molar-refractivity contribution in [1.82, 2.24) is 4.90 Å². The van der Waals surface area contributed by atoms with Gasteiger partial charge in [-0.2, -0.15) is 0 Å². The smallest absolute Gasteiger partial charge is 0.332 e. The fourth-order valence-corrected chi connectivity index (χ4v) is 1.14. The van der Waals surface area contributed by atoms with Crippen LogP contribution in [0.2, 0.25) is 0 Å². The summed E-state index contributed by atoms with van der Waals surface area (Å²) in [5.41, 5.74) is 0. The predicted molar refractivity (Wildman–Crippen MR) is 56.9 cm³/mol. The molecule has 1 atom stereocenters. The van der Waals surface area contributed by atoms with Gasteiger partial charge in [0.25, 0.3) is 0 Å². The largest absolute Gasteiger partial charge is 0.479 e. The SMILES string of the molecule is CC(O)C(=O)O.CCCN1CCOCC1. The molecule has 1 saturated heterocycles. The van der Waals surface area contributed by atoms with Crippen molar-refractivity contribution in [3.05, 3.63) is 0 Å². The van der Waals surface area contributed by atoms with Crippen LogP contribution in [0, 0.1) is 0 Å². The molecule has 0 radical (unpaired) electrons. The van der Waals surface area contributed by atoms with Crippen LogP contribution in [0.1, 0.15) is 20.3 Å². The zero-order valence-corrected chi connectivity index (χ0v) is 9.48. The van der Waals surface area contributed by atoms with Gasteiger partial charge in [0.1, 0.15) is 6.10 Å². The van der Waals surface area contributed by atoms with E-state index in [9.17, 15) is 4.79 Å². The molecule has 15 heavy (non-hydrogen) atoms. The van der Waals surface area contributed by atoms with E-state index in [1.54, 1.807) is 0 Å². The van der Waals surface area contributed by atoms with Gasteiger partial charge < -0.3 is 14.9 Å². The Morgan fingerprint density at radius 3 is 2.27 bits per heavy atom. The van der Waals surface area contributed by atoms with Crippen molar-refractivity contribution in [2.24, 2.45) is 0 Å². The number of nitrogens with zero attached hydrogens (tertiary/aromatic N) is 1. The first-order chi connectivity index (χ1) is 7.07. The second kappa shape index (κ2) is 8.64. The molecule has 0 bridgehead atoms. The molecule has 1 rings (SSSR count). The fraction of sp³-hybridized carbons (Fsp3) is 0.900. The number of ether oxygens (including phenoxy) is 1. The molecule has 90 valence electrons. The number of aliphatic hydroxyl groups excluding tert-OH is 1. The Kier molecular flexibility index (Phi) is 8.27. The summed E-state index contributed by atoms with van der Waals surface area (Å²) in [5, 5.41) is 15.8. The van der Waals surface area contributed by atoms with Crippen LogP contribution < -0.4 is 0 Å². The number of carbonyl (C=O) groups is 1. The number of hydrogen-bond donors (Lipinski definition) is 2. The fourth-order valence-electron chi connectivity index (χ4n) is 1.14. The van der Waals surface area contributed by atoms with Crippen LogP contribution in [-0.4, -0.2) is 60.0 Å². The number of aliphatic hydroxyl groups is 1. The summed E-state index contributed by atoms with van der Waals surface area (Å²) in [4.78, 5) is 11.9. The van der Waals surface area contributed by atoms with Crippen LogP contribution in [-0.2, 0) is 9.53 Å². The van der Waals surface area contributed by atoms with Gasteiger partial charge in [-0.3, -0.25) is 4.90 Å². The second-order valence-electron chi connectivity index (χ2n) is 3.47. The summed E-state index contributed by atoms with van der Waals surface area (Å²) in [6.45, 7) is 8.78. The summed E-state index contributed by atoms with van der Waals surface area (Å²) in [6, 6.07) is 0. The van der Waals surface area contributed by atoms with E-state index in [4.69, 9.17) is 14.9 Å². The molecular weight excluding hydrogens is 198 g/mol. The van der Waals surface area contributed by atoms with Crippen LogP contribution in [0.25, 0.3) is 0 Å². The van der Waals surface area contributed by atoms with Crippen molar-refractivity contribution in [3.63, 3.8) is 0 Å². The minimum Gasteiger partial charge on any atom is -0.479 e. The molecule has 5 nitrogen and oxygen atoms in total. The van der Waals surface area contributed by atoms with E-state index in [1.165, 1.54) is 19.9 Å². The predicted octanol–water partition coefficient (Wildman–Crippen LogP) is 0.180. The summed E-state index contributed by atoms with van der Waals surface area (Å²) < 4.78 is 5.20. The van der Waals surface area contributed by atoms with Gasteiger partial charge in [-0.05, 0) is 19.9 Å². The molecule has 1 unspecified atom stereocenters. The van der Waals surface area contributed by atoms with E-state index < -0.39 is 12.1 Å². The number of morpholine rings is 1. The van der Waals surface area contributed by atoms with E-state index in [0.29, 0.717) is 0 Å². The van der Waals surface area contributed by atoms with Gasteiger partial charge in [-0.15, -0.1) is 0 Å². The van der Waals surface area contributed by atoms with Crippen LogP contribution in [0.15, 0.2) is 0 Å². The number of carboxylic acid groups (broad SMARTS) is 1. The zero-order chi connectivity index (χ0) is 11.7. The van der Waals surface area contributed by atoms with Gasteiger partial charge in [-0.1, -0.05) is 6.92 Å². The topological polar surface area (TPSA) is 70.0 Å². The molecule has 2 N–H and O–H groups in total. The van der Waals surface area contributed by atoms with E-state index in [1.807, 2.05) is 0 Å². The average Bonchev–Trinajstić information content (AvgIpc) is 2.20. The first-order valence-corrected chi connectivity index (χ1v) is 5.29. The molecule has 0 aromatic rings. The highest BCUT2D eigenvalue weighted by atomic mass is 16.5. The lowest BCUT2D eigenvalue weighted by molar-refractivity contribution is -0.145. The molecule has 5 heteroatoms. The molecule has 1 fully saturated rings. The second-order valence-corrected chi connectivity index (χ2v) is 3.47. The highest BCUT2D eigenvalue weighted by Gasteiger charge is 2.07. The maximum atomic E-state index is 9.45. The van der Waals surface area contributed by atoms with E-state index >= 15 is 0 Å². The maximum Gasteiger partial charge on any atom is 0.332 e. The molecule has 1 aliphatic rings. The average molecular weight is 219 g/mol. The first kappa shape index (κ1) is 14.3. The zero-order valence-electron chi connectivity index (χ0n) is 9.48. The highest BCUT2D eigenvalue weighted by Crippen LogP contribution is 1.96. The Balaban J connectivity index is 0.000000288. The molecular formula is C10H21NO4. The Morgan fingerprint density at radius 2 is 1.93 bits per heavy atom. The normalized spacial score (nSPS) is 18.9. The highest BCUT2D eigenvalue weighted by molar-refractivity contribution is 5.71. The Hall–Kier alpha value is -0.650. The van der Waals surface area contributed by atoms with Crippen molar-refractivity contribution < 1.29 is 19.7 Å². The quantitative estimate of drug-likeness (QED) is 0.708. The van der Waals surface area contributed by atoms with Gasteiger partial charge in [0, 0.05) is 13.1 Å². The molecule has 0 aliphatic carbocycles. The Labute approximate surface area is 90.6 Å². The Bertz CT molecular complexity index is 164. The van der Waals surface area contributed by atoms with Crippen LogP contribution in [0.4, 0.5) is 0 Å². The third-order valence-corrected chi connectivity index (χ3v) is 2.00. The number of hydrogen-bond acceptors (Lipinski definition) is 4. The van der Waals surface area contributed by atoms with Crippen molar-refractivity contribution in [3.8, 4) is 0 Å². The van der Waals surface area contributed by atoms with E-state index in [2.05, 4.69) is 11.8 Å². The third kappa shape index (κ3) is 8.35. The van der Waals surface area contributed by atoms with E-state index in [0.717, 1.165) is 26.3 Å². The van der Waals surface area contributed by atoms with Crippen LogP contribution in [0.5, 0.6) is 0 Å². The van der Waals surface area contributed by atoms with Crippen molar-refractivity contribution in [2.45, 2.75) is 26.4 Å². The molecule has 0 aromatic carbocycles. The molecule has 1 aliphatic heterocycles. The maximum absolute atomic E-state index is 9.45. The van der Waals surface area contributed by atoms with Crippen molar-refractivity contribution >= 4 is 5.97 Å². The summed E-state index contributed by atoms with van der Waals surface area (Å²) in [7, 11) is 0. The summed E-state index contributed by atoms with van der Waals surface area (Å²) >= 11 is 0. The van der Waals surface area contributed by atoms with E-state index in [-0.39, 0.29) is 0 Å². The molecule has 1 heterocycles. The van der Waals surface area contributed by atoms with Gasteiger partial charge in [-0.25, -0.2) is 4.79 Å². The number of aliphatic carboxylic acids is 1. The molecule has 0 amide bonds. The van der Waals surface area contributed by atoms with Gasteiger partial charge in [0.05, 0.1) is 13.2 Å². The van der Waals surface area contributed by atoms with Crippen LogP contribution in [0.3, 0.4) is 0 Å². The molecule has 0 saturated carbocycles. The lowest BCUT2D eigenvalue weighted by atomic mass is 10.4. The minimum atomic E-state index is -1.23. The molecule has 0 spiro atoms. The number of carboxylic acids is 1. The number of rotatable bonds is 3. The third-order valence-electron chi connectivity index (χ3n) is 2.00. The van der Waals surface area contributed by atoms with Crippen LogP contribution >= 0.6 is 0 Å². The minimum absolute atomic E-state index is 0.931. The van der Waals surface area contributed by atoms with Crippen molar-refractivity contribution in [2.75, 3.05) is 32.8 Å². The van der Waals surface area contributed by atoms with Crippen molar-refractivity contribution in [1.29, 1.82) is 0 Å². The summed E-state index contributed by atoms with van der Waals surface area (Å²) in [6.07, 6.45) is 0.0324. The lowest BCUT2D eigenvalue weighted by Gasteiger charge is -2.25. The van der Waals surface area contributed by atoms with Gasteiger partial charge >= 0.3 is 5.97 Å². The monoisotopic (exact) mass is 219 g/mol. The summed E-state index contributed by atoms with van der Waals surface area (Å²) in [5.74, 6) is -1.19. The Morgan fingerprint density at radius 1 is 1.47 bits per heavy atom. The molecule has 0 aromatic heterocycles.